The zero-order valence-corrected chi connectivity index (χ0v) is 9.52. The van der Waals surface area contributed by atoms with E-state index >= 15 is 0 Å². The molecule has 90 valence electrons. The Morgan fingerprint density at radius 3 is 2.82 bits per heavy atom. The summed E-state index contributed by atoms with van der Waals surface area (Å²) in [6, 6.07) is -0.903. The zero-order chi connectivity index (χ0) is 12.8. The molecule has 0 saturated heterocycles. The van der Waals surface area contributed by atoms with Crippen molar-refractivity contribution in [2.75, 3.05) is 0 Å². The van der Waals surface area contributed by atoms with Gasteiger partial charge >= 0.3 is 5.97 Å². The van der Waals surface area contributed by atoms with Crippen molar-refractivity contribution < 1.29 is 9.90 Å². The van der Waals surface area contributed by atoms with Crippen molar-refractivity contribution in [3.63, 3.8) is 0 Å². The molecule has 4 N–H and O–H groups in total. The molecule has 1 atom stereocenters. The van der Waals surface area contributed by atoms with E-state index in [0.717, 1.165) is 16.8 Å². The highest BCUT2D eigenvalue weighted by atomic mass is 16.4. The van der Waals surface area contributed by atoms with Crippen LogP contribution in [0.25, 0.3) is 12.2 Å². The third-order valence-corrected chi connectivity index (χ3v) is 2.40. The lowest BCUT2D eigenvalue weighted by Gasteiger charge is -2.05. The number of carboxylic acid groups (broad SMARTS) is 1. The molecule has 0 radical (unpaired) electrons. The molecule has 0 amide bonds. The van der Waals surface area contributed by atoms with Crippen LogP contribution in [-0.2, 0) is 11.2 Å². The van der Waals surface area contributed by atoms with E-state index < -0.39 is 12.0 Å². The number of rotatable bonds is 6. The van der Waals surface area contributed by atoms with Gasteiger partial charge in [-0.25, -0.2) is 0 Å². The van der Waals surface area contributed by atoms with Gasteiger partial charge in [0.15, 0.2) is 0 Å². The van der Waals surface area contributed by atoms with Crippen LogP contribution in [0.5, 0.6) is 0 Å². The Hall–Kier alpha value is -2.07. The number of allylic oxidation sites excluding steroid dienone is 2. The summed E-state index contributed by atoms with van der Waals surface area (Å²) in [5, 5.41) is 8.78. The van der Waals surface area contributed by atoms with Gasteiger partial charge in [-0.05, 0) is 11.6 Å². The molecule has 0 aliphatic rings. The van der Waals surface area contributed by atoms with Crippen molar-refractivity contribution in [3.8, 4) is 0 Å². The summed E-state index contributed by atoms with van der Waals surface area (Å²) in [5.74, 6) is -1.01. The first-order chi connectivity index (χ1) is 8.10. The van der Waals surface area contributed by atoms with Gasteiger partial charge in [0.1, 0.15) is 6.04 Å². The quantitative estimate of drug-likeness (QED) is 0.654. The molecule has 4 nitrogen and oxygen atoms in total. The third kappa shape index (κ3) is 3.19. The molecule has 1 aromatic rings. The monoisotopic (exact) mass is 232 g/mol. The topological polar surface area (TPSA) is 79.1 Å². The van der Waals surface area contributed by atoms with Crippen molar-refractivity contribution >= 4 is 18.1 Å². The number of aromatic nitrogens is 1. The molecule has 17 heavy (non-hydrogen) atoms. The van der Waals surface area contributed by atoms with E-state index in [0.29, 0.717) is 0 Å². The number of carbonyl (C=O) groups is 1. The van der Waals surface area contributed by atoms with Crippen molar-refractivity contribution in [2.45, 2.75) is 12.5 Å². The smallest absolute Gasteiger partial charge is 0.320 e. The Bertz CT molecular complexity index is 458. The second kappa shape index (κ2) is 5.86. The summed E-state index contributed by atoms with van der Waals surface area (Å²) in [5.41, 5.74) is 8.11. The predicted molar refractivity (Wildman–Crippen MR) is 69.4 cm³/mol. The molecule has 0 bridgehead atoms. The average Bonchev–Trinajstić information content (AvgIpc) is 2.68. The second-order valence-electron chi connectivity index (χ2n) is 3.59. The molecular weight excluding hydrogens is 216 g/mol. The fourth-order valence-corrected chi connectivity index (χ4v) is 1.52. The van der Waals surface area contributed by atoms with Gasteiger partial charge in [0.25, 0.3) is 0 Å². The van der Waals surface area contributed by atoms with Gasteiger partial charge < -0.3 is 15.8 Å². The van der Waals surface area contributed by atoms with Crippen molar-refractivity contribution in [1.29, 1.82) is 0 Å². The minimum absolute atomic E-state index is 0.274. The SMILES string of the molecule is C=C/C=C\c1c(C[C@H](N)C(=O)O)c[nH]c1C=C. The molecule has 0 unspecified atom stereocenters. The van der Waals surface area contributed by atoms with Crippen LogP contribution >= 0.6 is 0 Å². The maximum Gasteiger partial charge on any atom is 0.320 e. The maximum absolute atomic E-state index is 10.7. The number of hydrogen-bond acceptors (Lipinski definition) is 2. The molecule has 0 spiro atoms. The fraction of sp³-hybridized carbons (Fsp3) is 0.154. The van der Waals surface area contributed by atoms with Gasteiger partial charge in [-0.3, -0.25) is 4.79 Å². The second-order valence-corrected chi connectivity index (χ2v) is 3.59. The summed E-state index contributed by atoms with van der Waals surface area (Å²) >= 11 is 0. The lowest BCUT2D eigenvalue weighted by atomic mass is 10.0. The lowest BCUT2D eigenvalue weighted by Crippen LogP contribution is -2.32. The van der Waals surface area contributed by atoms with E-state index in [9.17, 15) is 4.79 Å². The van der Waals surface area contributed by atoms with Crippen LogP contribution in [0.4, 0.5) is 0 Å². The molecule has 0 aromatic carbocycles. The summed E-state index contributed by atoms with van der Waals surface area (Å²) in [6.45, 7) is 7.28. The van der Waals surface area contributed by atoms with Crippen molar-refractivity contribution in [2.24, 2.45) is 5.73 Å². The van der Waals surface area contributed by atoms with E-state index in [1.807, 2.05) is 6.08 Å². The maximum atomic E-state index is 10.7. The molecule has 1 rings (SSSR count). The number of hydrogen-bond donors (Lipinski definition) is 3. The molecule has 4 heteroatoms. The summed E-state index contributed by atoms with van der Waals surface area (Å²) in [6.07, 6.45) is 8.99. The number of aliphatic carboxylic acids is 1. The first kappa shape index (κ1) is 13.0. The third-order valence-electron chi connectivity index (χ3n) is 2.40. The lowest BCUT2D eigenvalue weighted by molar-refractivity contribution is -0.138. The zero-order valence-electron chi connectivity index (χ0n) is 9.52. The van der Waals surface area contributed by atoms with Gasteiger partial charge in [0, 0.05) is 23.9 Å². The first-order valence-corrected chi connectivity index (χ1v) is 5.20. The highest BCUT2D eigenvalue weighted by Crippen LogP contribution is 2.18. The van der Waals surface area contributed by atoms with Crippen LogP contribution in [0.2, 0.25) is 0 Å². The van der Waals surface area contributed by atoms with Gasteiger partial charge in [0.2, 0.25) is 0 Å². The first-order valence-electron chi connectivity index (χ1n) is 5.20. The molecule has 0 aliphatic carbocycles. The number of H-pyrrole nitrogens is 1. The molecule has 0 fully saturated rings. The van der Waals surface area contributed by atoms with E-state index in [1.54, 1.807) is 24.4 Å². The van der Waals surface area contributed by atoms with Crippen LogP contribution < -0.4 is 5.73 Å². The Morgan fingerprint density at radius 2 is 2.29 bits per heavy atom. The Labute approximate surface area is 100 Å². The number of nitrogens with two attached hydrogens (primary N) is 1. The van der Waals surface area contributed by atoms with Crippen LogP contribution in [0.15, 0.2) is 31.5 Å². The molecular formula is C13H16N2O2. The molecule has 0 saturated carbocycles. The van der Waals surface area contributed by atoms with E-state index in [1.165, 1.54) is 0 Å². The number of aromatic amines is 1. The Balaban J connectivity index is 3.02. The summed E-state index contributed by atoms with van der Waals surface area (Å²) < 4.78 is 0. The van der Waals surface area contributed by atoms with Crippen LogP contribution in [-0.4, -0.2) is 22.1 Å². The standard InChI is InChI=1S/C13H16N2O2/c1-3-5-6-10-9(7-11(14)13(16)17)8-15-12(10)4-2/h3-6,8,11,15H,1-2,7,14H2,(H,16,17)/b6-5-/t11-/m0/s1. The number of carboxylic acids is 1. The van der Waals surface area contributed by atoms with Gasteiger partial charge in [-0.2, -0.15) is 0 Å². The van der Waals surface area contributed by atoms with Crippen LogP contribution in [0.3, 0.4) is 0 Å². The molecule has 1 aromatic heterocycles. The van der Waals surface area contributed by atoms with Crippen molar-refractivity contribution in [3.05, 3.63) is 48.3 Å². The minimum Gasteiger partial charge on any atom is -0.480 e. The summed E-state index contributed by atoms with van der Waals surface area (Å²) in [7, 11) is 0. The summed E-state index contributed by atoms with van der Waals surface area (Å²) in [4.78, 5) is 13.7. The largest absolute Gasteiger partial charge is 0.480 e. The number of nitrogens with one attached hydrogen (secondary N) is 1. The predicted octanol–water partition coefficient (Wildman–Crippen LogP) is 1.81. The Kier molecular flexibility index (Phi) is 4.48. The van der Waals surface area contributed by atoms with Crippen LogP contribution in [0, 0.1) is 0 Å². The minimum atomic E-state index is -1.01. The van der Waals surface area contributed by atoms with Gasteiger partial charge in [-0.15, -0.1) is 0 Å². The highest BCUT2D eigenvalue weighted by molar-refractivity contribution is 5.74. The fourth-order valence-electron chi connectivity index (χ4n) is 1.52. The van der Waals surface area contributed by atoms with Gasteiger partial charge in [0.05, 0.1) is 0 Å². The van der Waals surface area contributed by atoms with Crippen molar-refractivity contribution in [1.82, 2.24) is 4.98 Å². The van der Waals surface area contributed by atoms with Gasteiger partial charge in [-0.1, -0.05) is 31.4 Å². The van der Waals surface area contributed by atoms with E-state index in [2.05, 4.69) is 18.1 Å². The van der Waals surface area contributed by atoms with E-state index in [4.69, 9.17) is 10.8 Å². The highest BCUT2D eigenvalue weighted by Gasteiger charge is 2.15. The average molecular weight is 232 g/mol. The van der Waals surface area contributed by atoms with E-state index in [-0.39, 0.29) is 6.42 Å². The van der Waals surface area contributed by atoms with Crippen LogP contribution in [0.1, 0.15) is 16.8 Å². The molecule has 1 heterocycles. The normalized spacial score (nSPS) is 12.5. The Morgan fingerprint density at radius 1 is 1.59 bits per heavy atom. The molecule has 0 aliphatic heterocycles.